The number of nitrogens with one attached hydrogen (secondary N) is 1. The molecule has 0 saturated heterocycles. The predicted octanol–water partition coefficient (Wildman–Crippen LogP) is -10.0. The fraction of sp³-hybridized carbons (Fsp3) is 0.238. The zero-order chi connectivity index (χ0) is 36.1. The second-order valence-electron chi connectivity index (χ2n) is 9.04. The van der Waals surface area contributed by atoms with Crippen LogP contribution in [0.3, 0.4) is 0 Å². The minimum Gasteiger partial charge on any atom is -0.846 e. The molecule has 1 heterocycles. The Morgan fingerprint density at radius 2 is 1.53 bits per heavy atom. The Hall–Kier alpha value is -1.51. The van der Waals surface area contributed by atoms with Crippen molar-refractivity contribution in [3.63, 3.8) is 0 Å². The first-order valence-corrected chi connectivity index (χ1v) is 18.4. The molecule has 0 unspecified atom stereocenters. The smallest absolute Gasteiger partial charge is 0.846 e. The Kier molecular flexibility index (Phi) is 19.6. The molecule has 4 N–H and O–H groups in total. The van der Waals surface area contributed by atoms with E-state index in [1.807, 2.05) is 0 Å². The van der Waals surface area contributed by atoms with Crippen LogP contribution in [0.15, 0.2) is 61.4 Å². The number of halogens is 1. The van der Waals surface area contributed by atoms with Crippen molar-refractivity contribution in [1.82, 2.24) is 15.0 Å². The zero-order valence-electron chi connectivity index (χ0n) is 26.9. The van der Waals surface area contributed by atoms with Gasteiger partial charge in [0.1, 0.15) is 21.5 Å². The second kappa shape index (κ2) is 20.2. The summed E-state index contributed by atoms with van der Waals surface area (Å²) in [5, 5.41) is 21.6. The number of azo groups is 1. The van der Waals surface area contributed by atoms with Crippen LogP contribution in [-0.4, -0.2) is 100 Å². The average molecular weight is 824 g/mol. The molecule has 30 heteroatoms. The zero-order valence-corrected chi connectivity index (χ0v) is 36.1. The van der Waals surface area contributed by atoms with Gasteiger partial charge in [-0.25, -0.2) is 34.4 Å². The van der Waals surface area contributed by atoms with Crippen LogP contribution in [0.25, 0.3) is 0 Å². The molecule has 0 radical (unpaired) electrons. The van der Waals surface area contributed by atoms with Crippen molar-refractivity contribution in [3.05, 3.63) is 42.5 Å². The molecule has 0 aliphatic heterocycles. The number of hydrogen-bond acceptors (Lipinski definition) is 20. The van der Waals surface area contributed by atoms with Gasteiger partial charge < -0.3 is 30.2 Å². The maximum atomic E-state index is 14.1. The van der Waals surface area contributed by atoms with Crippen molar-refractivity contribution >= 4 is 81.1 Å². The van der Waals surface area contributed by atoms with Gasteiger partial charge in [-0.1, -0.05) is 0 Å². The molecule has 0 aliphatic rings. The Balaban J connectivity index is 0.00000833. The molecular formula is C21H21FN9Na3O13S4. The van der Waals surface area contributed by atoms with Gasteiger partial charge in [-0.2, -0.15) is 27.8 Å². The summed E-state index contributed by atoms with van der Waals surface area (Å²) < 4.78 is 141. The summed E-state index contributed by atoms with van der Waals surface area (Å²) in [4.78, 5) is 13.5. The van der Waals surface area contributed by atoms with Crippen LogP contribution in [0.4, 0.5) is 39.0 Å². The second-order valence-corrected chi connectivity index (χ2v) is 15.1. The van der Waals surface area contributed by atoms with E-state index in [-0.39, 0.29) is 118 Å². The van der Waals surface area contributed by atoms with Crippen LogP contribution < -0.4 is 110 Å². The third-order valence-corrected chi connectivity index (χ3v) is 9.18. The number of nitrogens with two attached hydrogens (primary N) is 1. The van der Waals surface area contributed by atoms with E-state index in [4.69, 9.17) is 10.3 Å². The minimum absolute atomic E-state index is 0. The SMILES string of the molecule is CN(CCS(=O)(=O)[O-])c1nc(F)nc(Nc2ccc(N=Nc3ccc(S(=O)(=O)CCOS(=O)(=O)O)cc3S(=O)(=O)[O-])c(N=C(N)[O-])c2)n1.[Na+].[Na+].[Na+]. The normalized spacial score (nSPS) is 12.4. The molecule has 51 heavy (non-hydrogen) atoms. The van der Waals surface area contributed by atoms with Crippen molar-refractivity contribution in [3.8, 4) is 0 Å². The van der Waals surface area contributed by atoms with E-state index in [0.717, 1.165) is 29.2 Å². The minimum atomic E-state index is -5.40. The van der Waals surface area contributed by atoms with E-state index in [1.165, 1.54) is 13.1 Å². The van der Waals surface area contributed by atoms with Crippen LogP contribution in [-0.2, 0) is 44.7 Å². The van der Waals surface area contributed by atoms with E-state index < -0.39 is 92.1 Å². The van der Waals surface area contributed by atoms with Gasteiger partial charge in [0.05, 0.1) is 49.7 Å². The number of anilines is 3. The van der Waals surface area contributed by atoms with E-state index in [2.05, 4.69) is 39.7 Å². The maximum absolute atomic E-state index is 14.1. The van der Waals surface area contributed by atoms with Crippen molar-refractivity contribution in [2.45, 2.75) is 9.79 Å². The summed E-state index contributed by atoms with van der Waals surface area (Å²) in [5.74, 6) is -2.63. The molecule has 262 valence electrons. The van der Waals surface area contributed by atoms with Crippen LogP contribution >= 0.6 is 0 Å². The van der Waals surface area contributed by atoms with Crippen LogP contribution in [0.5, 0.6) is 0 Å². The number of sulfone groups is 1. The molecular weight excluding hydrogens is 803 g/mol. The van der Waals surface area contributed by atoms with Gasteiger partial charge in [-0.15, -0.1) is 10.2 Å². The first-order valence-electron chi connectivity index (χ1n) is 12.4. The number of rotatable bonds is 15. The molecule has 0 atom stereocenters. The van der Waals surface area contributed by atoms with Gasteiger partial charge in [-0.3, -0.25) is 4.55 Å². The molecule has 0 aliphatic carbocycles. The third kappa shape index (κ3) is 16.6. The Morgan fingerprint density at radius 3 is 2.10 bits per heavy atom. The largest absolute Gasteiger partial charge is 1.00 e. The van der Waals surface area contributed by atoms with Crippen LogP contribution in [0, 0.1) is 6.08 Å². The summed E-state index contributed by atoms with van der Waals surface area (Å²) in [5.41, 5.74) is 3.95. The molecule has 3 aromatic rings. The van der Waals surface area contributed by atoms with Crippen molar-refractivity contribution in [2.75, 3.05) is 41.9 Å². The predicted molar refractivity (Wildman–Crippen MR) is 157 cm³/mol. The summed E-state index contributed by atoms with van der Waals surface area (Å²) in [6, 6.07) is 4.34. The third-order valence-electron chi connectivity index (χ3n) is 5.49. The Bertz CT molecular complexity index is 2210. The van der Waals surface area contributed by atoms with Gasteiger partial charge in [-0.05, 0) is 36.4 Å². The maximum Gasteiger partial charge on any atom is 1.00 e. The standard InChI is InChI=1S/C21H24FN9O13S4.3Na/c1-31(6-8-46(35,36)37)21-27-18(22)26-20(28-21)24-12-2-4-14(16(10-12)25-19(23)32)29-30-15-5-3-13(11-17(15)47(38,39)40)45(33,34)9-7-44-48(41,42)43;;;/h2-5,10-11H,6-9H2,1H3,(H3,23,25,32)(H,35,36,37)(H,38,39,40)(H,41,42,43)(H,24,26,27,28);;;/q;3*+1/p-3. The fourth-order valence-electron chi connectivity index (χ4n) is 3.38. The van der Waals surface area contributed by atoms with Crippen LogP contribution in [0.2, 0.25) is 0 Å². The molecule has 3 rings (SSSR count). The number of aromatic nitrogens is 3. The van der Waals surface area contributed by atoms with Gasteiger partial charge >= 0.3 is 105 Å². The quantitative estimate of drug-likeness (QED) is 0.0421. The van der Waals surface area contributed by atoms with E-state index in [9.17, 15) is 52.3 Å². The fourth-order valence-corrected chi connectivity index (χ4v) is 6.10. The molecule has 0 spiro atoms. The monoisotopic (exact) mass is 823 g/mol. The van der Waals surface area contributed by atoms with Crippen LogP contribution in [0.1, 0.15) is 0 Å². The topological polar surface area (TPSA) is 352 Å². The number of amidine groups is 1. The van der Waals surface area contributed by atoms with Gasteiger partial charge in [0, 0.05) is 19.3 Å². The molecule has 0 saturated carbocycles. The average Bonchev–Trinajstić information content (AvgIpc) is 2.93. The summed E-state index contributed by atoms with van der Waals surface area (Å²) in [7, 11) is -18.1. The molecule has 0 amide bonds. The van der Waals surface area contributed by atoms with Gasteiger partial charge in [0.2, 0.25) is 11.9 Å². The van der Waals surface area contributed by atoms with Gasteiger partial charge in [0.15, 0.2) is 9.84 Å². The number of nitrogens with zero attached hydrogens (tertiary/aromatic N) is 7. The number of benzene rings is 2. The Labute approximate surface area is 356 Å². The molecule has 0 fully saturated rings. The summed E-state index contributed by atoms with van der Waals surface area (Å²) >= 11 is 0. The number of aliphatic imine (C=N–C) groups is 1. The molecule has 2 aromatic carbocycles. The molecule has 22 nitrogen and oxygen atoms in total. The van der Waals surface area contributed by atoms with Crippen molar-refractivity contribution in [2.24, 2.45) is 21.0 Å². The van der Waals surface area contributed by atoms with E-state index in [1.54, 1.807) is 0 Å². The summed E-state index contributed by atoms with van der Waals surface area (Å²) in [6.07, 6.45) is -1.29. The first kappa shape index (κ1) is 49.5. The Morgan fingerprint density at radius 1 is 0.922 bits per heavy atom. The van der Waals surface area contributed by atoms with Crippen molar-refractivity contribution < 1.29 is 150 Å². The summed E-state index contributed by atoms with van der Waals surface area (Å²) in [6.45, 7) is -1.41. The van der Waals surface area contributed by atoms with E-state index in [0.29, 0.717) is 6.07 Å². The number of hydrogen-bond donors (Lipinski definition) is 3. The van der Waals surface area contributed by atoms with E-state index >= 15 is 0 Å². The molecule has 0 bridgehead atoms. The molecule has 1 aromatic heterocycles. The van der Waals surface area contributed by atoms with Gasteiger partial charge in [0.25, 0.3) is 0 Å². The van der Waals surface area contributed by atoms with Crippen molar-refractivity contribution in [1.29, 1.82) is 0 Å². The first-order chi connectivity index (χ1) is 22.0.